The number of carboxylic acids is 1. The first kappa shape index (κ1) is 17.7. The molecule has 0 heterocycles. The van der Waals surface area contributed by atoms with E-state index in [1.807, 2.05) is 12.1 Å². The number of carboxylic acid groups (broad SMARTS) is 1. The zero-order chi connectivity index (χ0) is 16.8. The number of rotatable bonds is 6. The SMILES string of the molecule is CC(C)(C)c1ccc(C(=O)NCC(=O)NCCC(=O)O)cc1. The molecule has 0 saturated carbocycles. The van der Waals surface area contributed by atoms with Crippen LogP contribution in [0.4, 0.5) is 0 Å². The van der Waals surface area contributed by atoms with Crippen molar-refractivity contribution in [3.05, 3.63) is 35.4 Å². The predicted molar refractivity (Wildman–Crippen MR) is 82.7 cm³/mol. The van der Waals surface area contributed by atoms with E-state index in [0.717, 1.165) is 5.56 Å². The van der Waals surface area contributed by atoms with Crippen LogP contribution in [0.15, 0.2) is 24.3 Å². The minimum absolute atomic E-state index is 0.0129. The number of carbonyl (C=O) groups excluding carboxylic acids is 2. The molecular formula is C16H22N2O4. The Morgan fingerprint density at radius 2 is 1.64 bits per heavy atom. The summed E-state index contributed by atoms with van der Waals surface area (Å²) < 4.78 is 0. The Hall–Kier alpha value is -2.37. The average molecular weight is 306 g/mol. The fraction of sp³-hybridized carbons (Fsp3) is 0.438. The second-order valence-corrected chi connectivity index (χ2v) is 6.00. The van der Waals surface area contributed by atoms with Gasteiger partial charge in [-0.05, 0) is 23.1 Å². The van der Waals surface area contributed by atoms with Gasteiger partial charge < -0.3 is 15.7 Å². The second kappa shape index (κ2) is 7.59. The van der Waals surface area contributed by atoms with Gasteiger partial charge in [-0.25, -0.2) is 0 Å². The predicted octanol–water partition coefficient (Wildman–Crippen LogP) is 1.30. The van der Waals surface area contributed by atoms with Crippen LogP contribution in [0.3, 0.4) is 0 Å². The van der Waals surface area contributed by atoms with Crippen molar-refractivity contribution in [2.24, 2.45) is 0 Å². The van der Waals surface area contributed by atoms with E-state index < -0.39 is 11.9 Å². The molecule has 1 aromatic rings. The minimum atomic E-state index is -0.983. The monoisotopic (exact) mass is 306 g/mol. The van der Waals surface area contributed by atoms with E-state index in [1.165, 1.54) is 0 Å². The Morgan fingerprint density at radius 1 is 1.05 bits per heavy atom. The highest BCUT2D eigenvalue weighted by atomic mass is 16.4. The van der Waals surface area contributed by atoms with Crippen molar-refractivity contribution in [1.29, 1.82) is 0 Å². The van der Waals surface area contributed by atoms with Crippen molar-refractivity contribution in [2.75, 3.05) is 13.1 Å². The fourth-order valence-electron chi connectivity index (χ4n) is 1.76. The molecule has 0 saturated heterocycles. The quantitative estimate of drug-likeness (QED) is 0.738. The van der Waals surface area contributed by atoms with Gasteiger partial charge in [0.05, 0.1) is 13.0 Å². The van der Waals surface area contributed by atoms with Gasteiger partial charge in [-0.2, -0.15) is 0 Å². The maximum absolute atomic E-state index is 11.9. The van der Waals surface area contributed by atoms with Crippen LogP contribution in [0.25, 0.3) is 0 Å². The standard InChI is InChI=1S/C16H22N2O4/c1-16(2,3)12-6-4-11(5-7-12)15(22)18-10-13(19)17-9-8-14(20)21/h4-7H,8-10H2,1-3H3,(H,17,19)(H,18,22)(H,20,21). The molecule has 0 aliphatic rings. The average Bonchev–Trinajstić information content (AvgIpc) is 2.43. The van der Waals surface area contributed by atoms with Crippen molar-refractivity contribution in [3.63, 3.8) is 0 Å². The molecule has 0 atom stereocenters. The van der Waals surface area contributed by atoms with Crippen molar-refractivity contribution in [3.8, 4) is 0 Å². The van der Waals surface area contributed by atoms with Crippen molar-refractivity contribution in [1.82, 2.24) is 10.6 Å². The minimum Gasteiger partial charge on any atom is -0.481 e. The molecule has 3 N–H and O–H groups in total. The van der Waals surface area contributed by atoms with Gasteiger partial charge in [-0.15, -0.1) is 0 Å². The number of amides is 2. The molecule has 6 heteroatoms. The Morgan fingerprint density at radius 3 is 2.14 bits per heavy atom. The smallest absolute Gasteiger partial charge is 0.305 e. The van der Waals surface area contributed by atoms with Gasteiger partial charge in [0.25, 0.3) is 5.91 Å². The summed E-state index contributed by atoms with van der Waals surface area (Å²) in [5.41, 5.74) is 1.61. The van der Waals surface area contributed by atoms with Gasteiger partial charge in [-0.3, -0.25) is 14.4 Å². The highest BCUT2D eigenvalue weighted by Gasteiger charge is 2.14. The molecule has 1 rings (SSSR count). The lowest BCUT2D eigenvalue weighted by molar-refractivity contribution is -0.136. The number of nitrogens with one attached hydrogen (secondary N) is 2. The first-order chi connectivity index (χ1) is 10.2. The van der Waals surface area contributed by atoms with Crippen LogP contribution in [0, 0.1) is 0 Å². The highest BCUT2D eigenvalue weighted by molar-refractivity contribution is 5.96. The maximum Gasteiger partial charge on any atom is 0.305 e. The molecule has 0 radical (unpaired) electrons. The van der Waals surface area contributed by atoms with Crippen molar-refractivity contribution < 1.29 is 19.5 Å². The van der Waals surface area contributed by atoms with E-state index in [-0.39, 0.29) is 30.8 Å². The van der Waals surface area contributed by atoms with Crippen LogP contribution in [0.1, 0.15) is 43.1 Å². The summed E-state index contributed by atoms with van der Waals surface area (Å²) in [5, 5.41) is 13.4. The van der Waals surface area contributed by atoms with Gasteiger partial charge in [-0.1, -0.05) is 32.9 Å². The Labute approximate surface area is 129 Å². The highest BCUT2D eigenvalue weighted by Crippen LogP contribution is 2.22. The number of carbonyl (C=O) groups is 3. The third-order valence-electron chi connectivity index (χ3n) is 3.08. The van der Waals surface area contributed by atoms with Gasteiger partial charge in [0.15, 0.2) is 0 Å². The second-order valence-electron chi connectivity index (χ2n) is 6.00. The van der Waals surface area contributed by atoms with Gasteiger partial charge in [0, 0.05) is 12.1 Å². The summed E-state index contributed by atoms with van der Waals surface area (Å²) >= 11 is 0. The molecule has 0 fully saturated rings. The van der Waals surface area contributed by atoms with Crippen LogP contribution in [-0.2, 0) is 15.0 Å². The van der Waals surface area contributed by atoms with Gasteiger partial charge in [0.1, 0.15) is 0 Å². The van der Waals surface area contributed by atoms with Crippen LogP contribution in [0.2, 0.25) is 0 Å². The van der Waals surface area contributed by atoms with Crippen LogP contribution < -0.4 is 10.6 Å². The molecular weight excluding hydrogens is 284 g/mol. The Balaban J connectivity index is 2.45. The Kier molecular flexibility index (Phi) is 6.10. The first-order valence-electron chi connectivity index (χ1n) is 7.07. The molecule has 2 amide bonds. The number of benzene rings is 1. The summed E-state index contributed by atoms with van der Waals surface area (Å²) in [6, 6.07) is 7.22. The zero-order valence-electron chi connectivity index (χ0n) is 13.1. The topological polar surface area (TPSA) is 95.5 Å². The van der Waals surface area contributed by atoms with E-state index in [9.17, 15) is 14.4 Å². The van der Waals surface area contributed by atoms with E-state index in [4.69, 9.17) is 5.11 Å². The maximum atomic E-state index is 11.9. The largest absolute Gasteiger partial charge is 0.481 e. The Bertz CT molecular complexity index is 544. The summed E-state index contributed by atoms with van der Waals surface area (Å²) in [6.07, 6.45) is -0.145. The lowest BCUT2D eigenvalue weighted by Crippen LogP contribution is -2.37. The molecule has 22 heavy (non-hydrogen) atoms. The third kappa shape index (κ3) is 5.95. The molecule has 1 aromatic carbocycles. The van der Waals surface area contributed by atoms with E-state index >= 15 is 0 Å². The van der Waals surface area contributed by atoms with E-state index in [0.29, 0.717) is 5.56 Å². The lowest BCUT2D eigenvalue weighted by Gasteiger charge is -2.19. The van der Waals surface area contributed by atoms with Crippen molar-refractivity contribution >= 4 is 17.8 Å². The normalized spacial score (nSPS) is 10.9. The van der Waals surface area contributed by atoms with Gasteiger partial charge in [0.2, 0.25) is 5.91 Å². The van der Waals surface area contributed by atoms with Crippen molar-refractivity contribution in [2.45, 2.75) is 32.6 Å². The first-order valence-corrected chi connectivity index (χ1v) is 7.07. The lowest BCUT2D eigenvalue weighted by atomic mass is 9.87. The van der Waals surface area contributed by atoms with Crippen LogP contribution in [0.5, 0.6) is 0 Å². The van der Waals surface area contributed by atoms with Gasteiger partial charge >= 0.3 is 5.97 Å². The number of hydrogen-bond acceptors (Lipinski definition) is 3. The molecule has 0 aliphatic heterocycles. The number of hydrogen-bond donors (Lipinski definition) is 3. The van der Waals surface area contributed by atoms with Crippen LogP contribution in [-0.4, -0.2) is 36.0 Å². The van der Waals surface area contributed by atoms with Crippen LogP contribution >= 0.6 is 0 Å². The third-order valence-corrected chi connectivity index (χ3v) is 3.08. The molecule has 6 nitrogen and oxygen atoms in total. The summed E-state index contributed by atoms with van der Waals surface area (Å²) in [4.78, 5) is 33.6. The summed E-state index contributed by atoms with van der Waals surface area (Å²) in [6.45, 7) is 6.13. The zero-order valence-corrected chi connectivity index (χ0v) is 13.1. The molecule has 0 aromatic heterocycles. The molecule has 0 bridgehead atoms. The summed E-state index contributed by atoms with van der Waals surface area (Å²) in [5.74, 6) is -1.74. The summed E-state index contributed by atoms with van der Waals surface area (Å²) in [7, 11) is 0. The number of aliphatic carboxylic acids is 1. The fourth-order valence-corrected chi connectivity index (χ4v) is 1.76. The molecule has 0 spiro atoms. The molecule has 120 valence electrons. The van der Waals surface area contributed by atoms with E-state index in [2.05, 4.69) is 31.4 Å². The molecule has 0 unspecified atom stereocenters. The van der Waals surface area contributed by atoms with E-state index in [1.54, 1.807) is 12.1 Å². The molecule has 0 aliphatic carbocycles.